The Bertz CT molecular complexity index is 534. The molecule has 0 fully saturated rings. The Hall–Kier alpha value is -1.31. The van der Waals surface area contributed by atoms with Crippen molar-refractivity contribution < 1.29 is 5.11 Å². The molecular formula is C15H15ClO. The molecule has 17 heavy (non-hydrogen) atoms. The number of hydrogen-bond donors (Lipinski definition) is 1. The van der Waals surface area contributed by atoms with Gasteiger partial charge in [-0.2, -0.15) is 0 Å². The van der Waals surface area contributed by atoms with E-state index in [2.05, 4.69) is 0 Å². The summed E-state index contributed by atoms with van der Waals surface area (Å²) in [4.78, 5) is 0. The van der Waals surface area contributed by atoms with E-state index in [0.29, 0.717) is 5.02 Å². The predicted molar refractivity (Wildman–Crippen MR) is 71.4 cm³/mol. The first kappa shape index (κ1) is 12.2. The van der Waals surface area contributed by atoms with Gasteiger partial charge in [-0.15, -0.1) is 0 Å². The molecule has 0 bridgehead atoms. The van der Waals surface area contributed by atoms with Gasteiger partial charge in [0, 0.05) is 5.02 Å². The van der Waals surface area contributed by atoms with Crippen LogP contribution in [0.15, 0.2) is 42.5 Å². The zero-order valence-electron chi connectivity index (χ0n) is 9.94. The third-order valence-corrected chi connectivity index (χ3v) is 3.13. The van der Waals surface area contributed by atoms with E-state index in [9.17, 15) is 5.11 Å². The summed E-state index contributed by atoms with van der Waals surface area (Å²) in [5.41, 5.74) is 3.95. The second-order valence-corrected chi connectivity index (χ2v) is 4.75. The van der Waals surface area contributed by atoms with Gasteiger partial charge in [0.2, 0.25) is 0 Å². The van der Waals surface area contributed by atoms with Crippen LogP contribution in [-0.2, 0) is 0 Å². The molecule has 0 aliphatic heterocycles. The van der Waals surface area contributed by atoms with Crippen LogP contribution in [0, 0.1) is 13.8 Å². The van der Waals surface area contributed by atoms with Gasteiger partial charge in [0.15, 0.2) is 0 Å². The van der Waals surface area contributed by atoms with Crippen LogP contribution in [0.1, 0.15) is 28.4 Å². The molecule has 0 amide bonds. The molecule has 0 saturated heterocycles. The SMILES string of the molecule is Cc1cccc(C(O)c2cc(Cl)ccc2C)c1. The average molecular weight is 247 g/mol. The summed E-state index contributed by atoms with van der Waals surface area (Å²) < 4.78 is 0. The fourth-order valence-electron chi connectivity index (χ4n) is 1.93. The minimum Gasteiger partial charge on any atom is -0.384 e. The van der Waals surface area contributed by atoms with Crippen LogP contribution in [0.25, 0.3) is 0 Å². The lowest BCUT2D eigenvalue weighted by Crippen LogP contribution is -2.02. The topological polar surface area (TPSA) is 20.2 Å². The van der Waals surface area contributed by atoms with E-state index in [0.717, 1.165) is 22.3 Å². The van der Waals surface area contributed by atoms with Crippen molar-refractivity contribution in [3.63, 3.8) is 0 Å². The molecule has 0 aliphatic carbocycles. The van der Waals surface area contributed by atoms with Crippen LogP contribution in [0.3, 0.4) is 0 Å². The normalized spacial score (nSPS) is 12.5. The second-order valence-electron chi connectivity index (χ2n) is 4.32. The highest BCUT2D eigenvalue weighted by molar-refractivity contribution is 6.30. The van der Waals surface area contributed by atoms with Gasteiger partial charge in [-0.25, -0.2) is 0 Å². The standard InChI is InChI=1S/C15H15ClO/c1-10-4-3-5-12(8-10)15(17)14-9-13(16)7-6-11(14)2/h3-9,15,17H,1-2H3. The Kier molecular flexibility index (Phi) is 3.51. The highest BCUT2D eigenvalue weighted by Gasteiger charge is 2.13. The Morgan fingerprint density at radius 1 is 1.06 bits per heavy atom. The van der Waals surface area contributed by atoms with Crippen molar-refractivity contribution in [1.29, 1.82) is 0 Å². The van der Waals surface area contributed by atoms with E-state index in [1.54, 1.807) is 0 Å². The maximum absolute atomic E-state index is 10.4. The molecule has 2 heteroatoms. The predicted octanol–water partition coefficient (Wildman–Crippen LogP) is 4.04. The van der Waals surface area contributed by atoms with Crippen molar-refractivity contribution in [2.24, 2.45) is 0 Å². The first-order valence-electron chi connectivity index (χ1n) is 5.58. The quantitative estimate of drug-likeness (QED) is 0.848. The molecule has 2 aromatic carbocycles. The van der Waals surface area contributed by atoms with Crippen LogP contribution in [0.4, 0.5) is 0 Å². The minimum atomic E-state index is -0.617. The van der Waals surface area contributed by atoms with E-state index in [4.69, 9.17) is 11.6 Å². The van der Waals surface area contributed by atoms with Crippen LogP contribution < -0.4 is 0 Å². The highest BCUT2D eigenvalue weighted by atomic mass is 35.5. The van der Waals surface area contributed by atoms with E-state index >= 15 is 0 Å². The number of aliphatic hydroxyl groups excluding tert-OH is 1. The van der Waals surface area contributed by atoms with Crippen LogP contribution in [0.2, 0.25) is 5.02 Å². The van der Waals surface area contributed by atoms with Gasteiger partial charge in [-0.05, 0) is 42.7 Å². The minimum absolute atomic E-state index is 0.617. The van der Waals surface area contributed by atoms with Crippen LogP contribution in [-0.4, -0.2) is 5.11 Å². The fraction of sp³-hybridized carbons (Fsp3) is 0.200. The Labute approximate surface area is 107 Å². The molecule has 1 unspecified atom stereocenters. The molecule has 0 heterocycles. The van der Waals surface area contributed by atoms with Gasteiger partial charge >= 0.3 is 0 Å². The number of aryl methyl sites for hydroxylation is 2. The van der Waals surface area contributed by atoms with Gasteiger partial charge in [0.25, 0.3) is 0 Å². The third-order valence-electron chi connectivity index (χ3n) is 2.89. The zero-order valence-corrected chi connectivity index (χ0v) is 10.7. The molecule has 1 N–H and O–H groups in total. The van der Waals surface area contributed by atoms with Crippen molar-refractivity contribution in [2.45, 2.75) is 20.0 Å². The van der Waals surface area contributed by atoms with Gasteiger partial charge < -0.3 is 5.11 Å². The zero-order chi connectivity index (χ0) is 12.4. The van der Waals surface area contributed by atoms with Crippen molar-refractivity contribution in [2.75, 3.05) is 0 Å². The number of aliphatic hydroxyl groups is 1. The number of benzene rings is 2. The summed E-state index contributed by atoms with van der Waals surface area (Å²) >= 11 is 5.97. The third kappa shape index (κ3) is 2.68. The van der Waals surface area contributed by atoms with E-state index in [1.807, 2.05) is 56.3 Å². The van der Waals surface area contributed by atoms with Crippen molar-refractivity contribution >= 4 is 11.6 Å². The smallest absolute Gasteiger partial charge is 0.104 e. The maximum Gasteiger partial charge on any atom is 0.104 e. The fourth-order valence-corrected chi connectivity index (χ4v) is 2.11. The summed E-state index contributed by atoms with van der Waals surface area (Å²) in [5, 5.41) is 11.0. The van der Waals surface area contributed by atoms with E-state index in [-0.39, 0.29) is 0 Å². The number of halogens is 1. The number of rotatable bonds is 2. The number of hydrogen-bond acceptors (Lipinski definition) is 1. The lowest BCUT2D eigenvalue weighted by atomic mass is 9.96. The van der Waals surface area contributed by atoms with Crippen molar-refractivity contribution in [3.05, 3.63) is 69.7 Å². The summed E-state index contributed by atoms with van der Waals surface area (Å²) in [6, 6.07) is 13.5. The van der Waals surface area contributed by atoms with Crippen LogP contribution >= 0.6 is 11.6 Å². The molecule has 0 radical (unpaired) electrons. The lowest BCUT2D eigenvalue weighted by molar-refractivity contribution is 0.219. The largest absolute Gasteiger partial charge is 0.384 e. The molecule has 0 saturated carbocycles. The summed E-state index contributed by atoms with van der Waals surface area (Å²) in [5.74, 6) is 0. The van der Waals surface area contributed by atoms with Crippen LogP contribution in [0.5, 0.6) is 0 Å². The Morgan fingerprint density at radius 3 is 2.53 bits per heavy atom. The first-order chi connectivity index (χ1) is 8.08. The van der Waals surface area contributed by atoms with Crippen molar-refractivity contribution in [1.82, 2.24) is 0 Å². The summed E-state index contributed by atoms with van der Waals surface area (Å²) in [7, 11) is 0. The average Bonchev–Trinajstić information content (AvgIpc) is 2.31. The summed E-state index contributed by atoms with van der Waals surface area (Å²) in [6.45, 7) is 3.99. The lowest BCUT2D eigenvalue weighted by Gasteiger charge is -2.15. The molecule has 0 aliphatic rings. The maximum atomic E-state index is 10.4. The van der Waals surface area contributed by atoms with Gasteiger partial charge in [0.05, 0.1) is 0 Å². The van der Waals surface area contributed by atoms with Gasteiger partial charge in [-0.1, -0.05) is 47.5 Å². The molecule has 2 aromatic rings. The molecule has 0 spiro atoms. The molecule has 88 valence electrons. The molecule has 1 atom stereocenters. The molecule has 2 rings (SSSR count). The summed E-state index contributed by atoms with van der Waals surface area (Å²) in [6.07, 6.45) is -0.617. The Balaban J connectivity index is 2.43. The highest BCUT2D eigenvalue weighted by Crippen LogP contribution is 2.27. The first-order valence-corrected chi connectivity index (χ1v) is 5.96. The molecule has 0 aromatic heterocycles. The van der Waals surface area contributed by atoms with E-state index in [1.165, 1.54) is 0 Å². The van der Waals surface area contributed by atoms with Gasteiger partial charge in [0.1, 0.15) is 6.10 Å². The Morgan fingerprint density at radius 2 is 1.82 bits per heavy atom. The van der Waals surface area contributed by atoms with Gasteiger partial charge in [-0.3, -0.25) is 0 Å². The van der Waals surface area contributed by atoms with E-state index < -0.39 is 6.10 Å². The monoisotopic (exact) mass is 246 g/mol. The van der Waals surface area contributed by atoms with Crippen molar-refractivity contribution in [3.8, 4) is 0 Å². The molecule has 1 nitrogen and oxygen atoms in total. The molecular weight excluding hydrogens is 232 g/mol. The second kappa shape index (κ2) is 4.91.